The van der Waals surface area contributed by atoms with Crippen molar-refractivity contribution in [1.82, 2.24) is 14.7 Å². The molecule has 2 aromatic rings. The SMILES string of the molecule is COc1ccc(C[NH2+]Cc2nc(CS(=O)(=O)NCC[NH+]3CCOCC3)nc3c2C2CCCCC2S3)cc1Cl. The number of fused-ring (bicyclic) bond motifs is 3. The van der Waals surface area contributed by atoms with Gasteiger partial charge in [-0.05, 0) is 31.0 Å². The van der Waals surface area contributed by atoms with E-state index in [1.54, 1.807) is 7.11 Å². The minimum Gasteiger partial charge on any atom is -0.495 e. The van der Waals surface area contributed by atoms with Gasteiger partial charge in [-0.25, -0.2) is 23.1 Å². The normalized spacial score (nSPS) is 21.7. The number of quaternary nitrogens is 2. The number of aromatic nitrogens is 2. The zero-order valence-corrected chi connectivity index (χ0v) is 24.3. The molecule has 0 radical (unpaired) electrons. The molecule has 3 heterocycles. The highest BCUT2D eigenvalue weighted by Gasteiger charge is 2.39. The monoisotopic (exact) mass is 583 g/mol. The number of nitrogens with two attached hydrogens (primary N) is 1. The Balaban J connectivity index is 1.28. The van der Waals surface area contributed by atoms with E-state index in [4.69, 9.17) is 31.0 Å². The number of rotatable bonds is 11. The largest absolute Gasteiger partial charge is 0.495 e. The van der Waals surface area contributed by atoms with Gasteiger partial charge in [0.1, 0.15) is 54.2 Å². The summed E-state index contributed by atoms with van der Waals surface area (Å²) in [7, 11) is -1.93. The van der Waals surface area contributed by atoms with Gasteiger partial charge in [0.25, 0.3) is 0 Å². The van der Waals surface area contributed by atoms with Crippen LogP contribution in [0, 0.1) is 0 Å². The Morgan fingerprint density at radius 1 is 1.21 bits per heavy atom. The number of morpholine rings is 1. The Bertz CT molecular complexity index is 1230. The number of ether oxygens (including phenoxy) is 2. The number of benzene rings is 1. The summed E-state index contributed by atoms with van der Waals surface area (Å²) >= 11 is 8.13. The summed E-state index contributed by atoms with van der Waals surface area (Å²) in [5.74, 6) is 1.31. The van der Waals surface area contributed by atoms with Crippen molar-refractivity contribution in [1.29, 1.82) is 0 Å². The van der Waals surface area contributed by atoms with E-state index in [1.807, 2.05) is 30.0 Å². The van der Waals surface area contributed by atoms with Crippen LogP contribution in [0.1, 0.15) is 54.2 Å². The number of hydrogen-bond donors (Lipinski definition) is 3. The summed E-state index contributed by atoms with van der Waals surface area (Å²) < 4.78 is 39.3. The quantitative estimate of drug-likeness (QED) is 0.337. The number of nitrogens with zero attached hydrogens (tertiary/aromatic N) is 2. The first-order valence-corrected chi connectivity index (χ1v) is 16.4. The van der Waals surface area contributed by atoms with E-state index < -0.39 is 10.0 Å². The molecule has 1 aromatic carbocycles. The molecule has 2 unspecified atom stereocenters. The molecule has 12 heteroatoms. The third kappa shape index (κ3) is 6.99. The van der Waals surface area contributed by atoms with E-state index in [-0.39, 0.29) is 5.75 Å². The summed E-state index contributed by atoms with van der Waals surface area (Å²) in [6.07, 6.45) is 4.79. The highest BCUT2D eigenvalue weighted by Crippen LogP contribution is 2.51. The van der Waals surface area contributed by atoms with Crippen LogP contribution in [0.3, 0.4) is 0 Å². The first-order valence-electron chi connectivity index (χ1n) is 13.5. The fourth-order valence-corrected chi connectivity index (χ4v) is 8.49. The molecule has 0 amide bonds. The lowest BCUT2D eigenvalue weighted by Crippen LogP contribution is -3.14. The van der Waals surface area contributed by atoms with Gasteiger partial charge in [0.2, 0.25) is 10.0 Å². The Labute approximate surface area is 234 Å². The van der Waals surface area contributed by atoms with Gasteiger partial charge >= 0.3 is 0 Å². The van der Waals surface area contributed by atoms with Crippen LogP contribution in [0.5, 0.6) is 5.75 Å². The second kappa shape index (κ2) is 12.8. The van der Waals surface area contributed by atoms with Crippen molar-refractivity contribution in [3.63, 3.8) is 0 Å². The fraction of sp³-hybridized carbons (Fsp3) is 0.615. The minimum absolute atomic E-state index is 0.199. The molecule has 5 rings (SSSR count). The maximum atomic E-state index is 12.9. The highest BCUT2D eigenvalue weighted by molar-refractivity contribution is 8.00. The van der Waals surface area contributed by atoms with Gasteiger partial charge in [0, 0.05) is 22.3 Å². The molecule has 38 heavy (non-hydrogen) atoms. The molecule has 0 spiro atoms. The van der Waals surface area contributed by atoms with Gasteiger partial charge < -0.3 is 19.7 Å². The number of methoxy groups -OCH3 is 1. The van der Waals surface area contributed by atoms with Crippen LogP contribution in [0.2, 0.25) is 5.02 Å². The summed E-state index contributed by atoms with van der Waals surface area (Å²) in [4.78, 5) is 11.0. The average molecular weight is 584 g/mol. The number of nitrogens with one attached hydrogen (secondary N) is 2. The van der Waals surface area contributed by atoms with Crippen LogP contribution in [0.25, 0.3) is 0 Å². The molecule has 4 N–H and O–H groups in total. The molecule has 1 aliphatic carbocycles. The van der Waals surface area contributed by atoms with Crippen LogP contribution in [-0.4, -0.2) is 70.1 Å². The van der Waals surface area contributed by atoms with Gasteiger partial charge in [-0.15, -0.1) is 11.8 Å². The Hall–Kier alpha value is -1.47. The van der Waals surface area contributed by atoms with Crippen LogP contribution < -0.4 is 19.7 Å². The van der Waals surface area contributed by atoms with Crippen molar-refractivity contribution in [2.75, 3.05) is 46.5 Å². The van der Waals surface area contributed by atoms with E-state index in [2.05, 4.69) is 10.0 Å². The molecule has 9 nitrogen and oxygen atoms in total. The molecule has 2 atom stereocenters. The second-order valence-electron chi connectivity index (χ2n) is 10.3. The van der Waals surface area contributed by atoms with Crippen LogP contribution >= 0.6 is 23.4 Å². The van der Waals surface area contributed by atoms with E-state index in [9.17, 15) is 8.42 Å². The maximum absolute atomic E-state index is 12.9. The highest BCUT2D eigenvalue weighted by atomic mass is 35.5. The van der Waals surface area contributed by atoms with Gasteiger partial charge in [0.05, 0.1) is 38.4 Å². The Morgan fingerprint density at radius 3 is 2.82 bits per heavy atom. The predicted octanol–water partition coefficient (Wildman–Crippen LogP) is 0.869. The van der Waals surface area contributed by atoms with Crippen molar-refractivity contribution in [2.24, 2.45) is 0 Å². The summed E-state index contributed by atoms with van der Waals surface area (Å²) in [6, 6.07) is 5.82. The zero-order valence-electron chi connectivity index (χ0n) is 21.9. The van der Waals surface area contributed by atoms with E-state index >= 15 is 0 Å². The Morgan fingerprint density at radius 2 is 2.03 bits per heavy atom. The number of sulfonamides is 1. The summed E-state index contributed by atoms with van der Waals surface area (Å²) in [5.41, 5.74) is 3.31. The lowest BCUT2D eigenvalue weighted by atomic mass is 9.83. The number of hydrogen-bond acceptors (Lipinski definition) is 7. The Kier molecular flexibility index (Phi) is 9.46. The van der Waals surface area contributed by atoms with Gasteiger partial charge in [0.15, 0.2) is 0 Å². The standard InChI is InChI=1S/C26H36ClN5O4S2/c1-35-22-7-6-18(14-20(22)27)15-28-16-21-25-19-4-2-3-5-23(19)37-26(25)31-24(30-21)17-38(33,34)29-8-9-32-10-12-36-13-11-32/h6-7,14,19,23,28-29H,2-5,8-13,15-17H2,1H3/p+2. The fourth-order valence-electron chi connectivity index (χ4n) is 5.66. The molecule has 208 valence electrons. The van der Waals surface area contributed by atoms with Gasteiger partial charge in [-0.2, -0.15) is 0 Å². The number of halogens is 1. The second-order valence-corrected chi connectivity index (χ2v) is 13.7. The smallest absolute Gasteiger partial charge is 0.219 e. The summed E-state index contributed by atoms with van der Waals surface area (Å²) in [6.45, 7) is 5.86. The molecule has 3 aliphatic rings. The maximum Gasteiger partial charge on any atom is 0.219 e. The van der Waals surface area contributed by atoms with E-state index in [0.29, 0.717) is 40.9 Å². The van der Waals surface area contributed by atoms with Crippen LogP contribution in [0.15, 0.2) is 23.2 Å². The van der Waals surface area contributed by atoms with E-state index in [0.717, 1.165) is 62.1 Å². The third-order valence-corrected chi connectivity index (χ3v) is 10.6. The topological polar surface area (TPSA) is 111 Å². The molecule has 1 saturated heterocycles. The van der Waals surface area contributed by atoms with Crippen LogP contribution in [0.4, 0.5) is 0 Å². The van der Waals surface area contributed by atoms with Crippen molar-refractivity contribution in [2.45, 2.75) is 60.7 Å². The number of thioether (sulfide) groups is 1. The molecule has 2 aliphatic heterocycles. The van der Waals surface area contributed by atoms with Crippen LogP contribution in [-0.2, 0) is 33.6 Å². The molecule has 1 saturated carbocycles. The van der Waals surface area contributed by atoms with Gasteiger partial charge in [-0.1, -0.05) is 24.4 Å². The molecule has 2 fully saturated rings. The molecular formula is C26H38ClN5O4S2+2. The minimum atomic E-state index is -3.54. The molecule has 1 aromatic heterocycles. The summed E-state index contributed by atoms with van der Waals surface area (Å²) in [5, 5.41) is 4.30. The third-order valence-electron chi connectivity index (χ3n) is 7.63. The van der Waals surface area contributed by atoms with Crippen molar-refractivity contribution >= 4 is 33.4 Å². The first kappa shape index (κ1) is 28.1. The van der Waals surface area contributed by atoms with Crippen molar-refractivity contribution in [3.8, 4) is 5.75 Å². The average Bonchev–Trinajstić information content (AvgIpc) is 3.27. The lowest BCUT2D eigenvalue weighted by Gasteiger charge is -2.25. The predicted molar refractivity (Wildman–Crippen MR) is 147 cm³/mol. The van der Waals surface area contributed by atoms with Gasteiger partial charge in [-0.3, -0.25) is 0 Å². The van der Waals surface area contributed by atoms with Crippen molar-refractivity contribution in [3.05, 3.63) is 45.9 Å². The molecule has 0 bridgehead atoms. The van der Waals surface area contributed by atoms with Crippen molar-refractivity contribution < 1.29 is 28.1 Å². The molecular weight excluding hydrogens is 546 g/mol. The van der Waals surface area contributed by atoms with E-state index in [1.165, 1.54) is 29.7 Å². The first-order chi connectivity index (χ1) is 18.4. The lowest BCUT2D eigenvalue weighted by molar-refractivity contribution is -0.906. The zero-order chi connectivity index (χ0) is 26.5.